The van der Waals surface area contributed by atoms with Gasteiger partial charge in [0.15, 0.2) is 0 Å². The number of carbonyl (C=O) groups excluding carboxylic acids is 2. The van der Waals surface area contributed by atoms with Crippen LogP contribution in [0.25, 0.3) is 0 Å². The lowest BCUT2D eigenvalue weighted by Gasteiger charge is -2.07. The maximum atomic E-state index is 10.3. The molecule has 5 nitrogen and oxygen atoms in total. The number of methoxy groups -OCH3 is 1. The van der Waals surface area contributed by atoms with Gasteiger partial charge in [-0.25, -0.2) is 0 Å². The van der Waals surface area contributed by atoms with Crippen LogP contribution < -0.4 is 0 Å². The summed E-state index contributed by atoms with van der Waals surface area (Å²) in [6, 6.07) is 0. The van der Waals surface area contributed by atoms with E-state index in [0.29, 0.717) is 19.1 Å². The summed E-state index contributed by atoms with van der Waals surface area (Å²) >= 11 is 0. The molecule has 0 aliphatic heterocycles. The SMILES string of the molecule is CC(=O)OCCC(C)C.COC(C)CCOC(C)=O. The van der Waals surface area contributed by atoms with Crippen LogP contribution >= 0.6 is 0 Å². The third kappa shape index (κ3) is 22.5. The van der Waals surface area contributed by atoms with Gasteiger partial charge in [-0.15, -0.1) is 0 Å². The third-order valence-electron chi connectivity index (χ3n) is 2.23. The van der Waals surface area contributed by atoms with Gasteiger partial charge in [0.2, 0.25) is 0 Å². The number of rotatable bonds is 7. The van der Waals surface area contributed by atoms with Gasteiger partial charge in [-0.3, -0.25) is 9.59 Å². The Hall–Kier alpha value is -1.10. The first-order chi connectivity index (χ1) is 8.79. The highest BCUT2D eigenvalue weighted by atomic mass is 16.5. The molecular formula is C14H28O5. The summed E-state index contributed by atoms with van der Waals surface area (Å²) in [6.45, 7) is 9.98. The zero-order valence-corrected chi connectivity index (χ0v) is 13.0. The lowest BCUT2D eigenvalue weighted by molar-refractivity contribution is -0.142. The molecule has 0 aromatic rings. The van der Waals surface area contributed by atoms with Crippen molar-refractivity contribution in [1.82, 2.24) is 0 Å². The molecule has 0 saturated carbocycles. The van der Waals surface area contributed by atoms with E-state index in [1.807, 2.05) is 6.92 Å². The second-order valence-electron chi connectivity index (χ2n) is 4.70. The van der Waals surface area contributed by atoms with Gasteiger partial charge >= 0.3 is 11.9 Å². The molecule has 114 valence electrons. The fraction of sp³-hybridized carbons (Fsp3) is 0.857. The van der Waals surface area contributed by atoms with E-state index in [2.05, 4.69) is 13.8 Å². The first-order valence-corrected chi connectivity index (χ1v) is 6.59. The normalized spacial score (nSPS) is 11.3. The maximum Gasteiger partial charge on any atom is 0.302 e. The summed E-state index contributed by atoms with van der Waals surface area (Å²) in [5, 5.41) is 0. The zero-order valence-electron chi connectivity index (χ0n) is 13.0. The van der Waals surface area contributed by atoms with Crippen molar-refractivity contribution in [2.75, 3.05) is 20.3 Å². The molecule has 0 aliphatic carbocycles. The van der Waals surface area contributed by atoms with Crippen molar-refractivity contribution in [3.8, 4) is 0 Å². The maximum absolute atomic E-state index is 10.3. The first-order valence-electron chi connectivity index (χ1n) is 6.59. The monoisotopic (exact) mass is 276 g/mol. The van der Waals surface area contributed by atoms with Gasteiger partial charge in [0.05, 0.1) is 19.3 Å². The Kier molecular flexibility index (Phi) is 14.2. The Morgan fingerprint density at radius 3 is 1.63 bits per heavy atom. The number of carbonyl (C=O) groups is 2. The van der Waals surface area contributed by atoms with Gasteiger partial charge < -0.3 is 14.2 Å². The minimum atomic E-state index is -0.233. The summed E-state index contributed by atoms with van der Waals surface area (Å²) in [5.41, 5.74) is 0. The largest absolute Gasteiger partial charge is 0.466 e. The highest BCUT2D eigenvalue weighted by Gasteiger charge is 1.99. The lowest BCUT2D eigenvalue weighted by atomic mass is 10.1. The van der Waals surface area contributed by atoms with Gasteiger partial charge in [-0.05, 0) is 19.3 Å². The summed E-state index contributed by atoms with van der Waals surface area (Å²) < 4.78 is 14.3. The van der Waals surface area contributed by atoms with E-state index < -0.39 is 0 Å². The van der Waals surface area contributed by atoms with Gasteiger partial charge in [-0.2, -0.15) is 0 Å². The van der Waals surface area contributed by atoms with Crippen molar-refractivity contribution in [2.45, 2.75) is 53.6 Å². The Bertz CT molecular complexity index is 238. The quantitative estimate of drug-likeness (QED) is 0.669. The predicted octanol–water partition coefficient (Wildman–Crippen LogP) is 2.57. The van der Waals surface area contributed by atoms with E-state index in [-0.39, 0.29) is 18.0 Å². The van der Waals surface area contributed by atoms with Crippen LogP contribution in [0.3, 0.4) is 0 Å². The van der Waals surface area contributed by atoms with Crippen molar-refractivity contribution in [3.05, 3.63) is 0 Å². The molecule has 0 aromatic carbocycles. The molecule has 0 amide bonds. The Morgan fingerprint density at radius 2 is 1.32 bits per heavy atom. The van der Waals surface area contributed by atoms with E-state index in [0.717, 1.165) is 12.8 Å². The number of ether oxygens (including phenoxy) is 3. The fourth-order valence-corrected chi connectivity index (χ4v) is 0.925. The third-order valence-corrected chi connectivity index (χ3v) is 2.23. The zero-order chi connectivity index (χ0) is 15.3. The summed E-state index contributed by atoms with van der Waals surface area (Å²) in [6.07, 6.45) is 1.88. The Morgan fingerprint density at radius 1 is 0.895 bits per heavy atom. The van der Waals surface area contributed by atoms with Crippen LogP contribution in [0.15, 0.2) is 0 Å². The minimum absolute atomic E-state index is 0.166. The highest BCUT2D eigenvalue weighted by molar-refractivity contribution is 5.66. The van der Waals surface area contributed by atoms with E-state index in [1.54, 1.807) is 7.11 Å². The molecule has 0 fully saturated rings. The van der Waals surface area contributed by atoms with Crippen molar-refractivity contribution in [1.29, 1.82) is 0 Å². The van der Waals surface area contributed by atoms with Crippen molar-refractivity contribution in [2.24, 2.45) is 5.92 Å². The van der Waals surface area contributed by atoms with E-state index >= 15 is 0 Å². The number of esters is 2. The molecule has 0 saturated heterocycles. The van der Waals surface area contributed by atoms with Crippen LogP contribution in [0.5, 0.6) is 0 Å². The van der Waals surface area contributed by atoms with Crippen LogP contribution in [0.4, 0.5) is 0 Å². The summed E-state index contributed by atoms with van der Waals surface area (Å²) in [5.74, 6) is 0.198. The van der Waals surface area contributed by atoms with Crippen molar-refractivity contribution < 1.29 is 23.8 Å². The molecule has 0 radical (unpaired) electrons. The standard InChI is InChI=1S/C7H14O3.C7H14O2/c1-6(9-3)4-5-10-7(2)8;1-6(2)4-5-9-7(3)8/h6H,4-5H2,1-3H3;6H,4-5H2,1-3H3. The molecule has 5 heteroatoms. The molecule has 0 heterocycles. The molecular weight excluding hydrogens is 248 g/mol. The lowest BCUT2D eigenvalue weighted by Crippen LogP contribution is -2.10. The molecule has 0 bridgehead atoms. The molecule has 0 spiro atoms. The van der Waals surface area contributed by atoms with Crippen LogP contribution in [0.1, 0.15) is 47.5 Å². The van der Waals surface area contributed by atoms with E-state index in [9.17, 15) is 9.59 Å². The summed E-state index contributed by atoms with van der Waals surface area (Å²) in [7, 11) is 1.64. The van der Waals surface area contributed by atoms with Crippen LogP contribution in [-0.4, -0.2) is 38.4 Å². The number of hydrogen-bond donors (Lipinski definition) is 0. The van der Waals surface area contributed by atoms with Crippen molar-refractivity contribution in [3.63, 3.8) is 0 Å². The van der Waals surface area contributed by atoms with Crippen LogP contribution in [0, 0.1) is 5.92 Å². The average Bonchev–Trinajstić information content (AvgIpc) is 2.28. The molecule has 0 rings (SSSR count). The molecule has 0 N–H and O–H groups in total. The molecule has 19 heavy (non-hydrogen) atoms. The van der Waals surface area contributed by atoms with E-state index in [4.69, 9.17) is 14.2 Å². The highest BCUT2D eigenvalue weighted by Crippen LogP contribution is 1.98. The summed E-state index contributed by atoms with van der Waals surface area (Å²) in [4.78, 5) is 20.5. The molecule has 0 aromatic heterocycles. The second-order valence-corrected chi connectivity index (χ2v) is 4.70. The number of hydrogen-bond acceptors (Lipinski definition) is 5. The van der Waals surface area contributed by atoms with Gasteiger partial charge in [0.1, 0.15) is 0 Å². The minimum Gasteiger partial charge on any atom is -0.466 e. The topological polar surface area (TPSA) is 61.8 Å². The second kappa shape index (κ2) is 13.3. The van der Waals surface area contributed by atoms with Crippen molar-refractivity contribution >= 4 is 11.9 Å². The Labute approximate surface area is 116 Å². The first kappa shape index (κ1) is 20.2. The fourth-order valence-electron chi connectivity index (χ4n) is 0.925. The van der Waals surface area contributed by atoms with Crippen LogP contribution in [-0.2, 0) is 23.8 Å². The van der Waals surface area contributed by atoms with Gasteiger partial charge in [0.25, 0.3) is 0 Å². The molecule has 1 unspecified atom stereocenters. The predicted molar refractivity (Wildman–Crippen MR) is 73.8 cm³/mol. The van der Waals surface area contributed by atoms with E-state index in [1.165, 1.54) is 13.8 Å². The average molecular weight is 276 g/mol. The van der Waals surface area contributed by atoms with Crippen LogP contribution in [0.2, 0.25) is 0 Å². The molecule has 0 aliphatic rings. The molecule has 1 atom stereocenters. The van der Waals surface area contributed by atoms with Gasteiger partial charge in [0, 0.05) is 27.4 Å². The Balaban J connectivity index is 0. The van der Waals surface area contributed by atoms with Gasteiger partial charge in [-0.1, -0.05) is 13.8 Å². The smallest absolute Gasteiger partial charge is 0.302 e.